The smallest absolute Gasteiger partial charge is 0.251 e. The number of ether oxygens (including phenoxy) is 8. The molecule has 4 fully saturated rings. The van der Waals surface area contributed by atoms with Crippen molar-refractivity contribution >= 4 is 98.8 Å². The van der Waals surface area contributed by atoms with Gasteiger partial charge in [0.05, 0.1) is 136 Å². The van der Waals surface area contributed by atoms with E-state index in [-0.39, 0.29) is 104 Å². The third-order valence-electron chi connectivity index (χ3n) is 19.4. The summed E-state index contributed by atoms with van der Waals surface area (Å²) in [6.07, 6.45) is 1.55. The molecule has 31 nitrogen and oxygen atoms in total. The topological polar surface area (TPSA) is 405 Å². The number of aromatic hydroxyl groups is 2. The molecule has 1 saturated carbocycles. The average molecular weight is 1500 g/mol. The minimum absolute atomic E-state index is 0.0244. The number of likely N-dealkylation sites (N-methyl/N-ethyl adjacent to an activating group) is 1. The second kappa shape index (κ2) is 34.1. The third-order valence-corrected chi connectivity index (χ3v) is 23.3. The molecule has 9 N–H and O–H groups in total. The summed E-state index contributed by atoms with van der Waals surface area (Å²) in [5, 5.41) is 55.2. The molecule has 2 unspecified atom stereocenters. The minimum atomic E-state index is -1.95. The van der Waals surface area contributed by atoms with E-state index in [1.807, 2.05) is 36.5 Å². The Labute approximate surface area is 611 Å². The standard InChI is InChI=1S/C70H85N11O20S3/c1-36-66-44(81-17-20-98-69(95-4)68(81)101-66)24-57(99-36)100-46-26-70(93,25-39-59(46)65(91)61-60(63(39)89)62(88)38-9-8-10-45(94-3)58(38)64(61)90)49-35-104-55(79-49)32-80(2)56(87)31-76-54(86)30-75-53(85)29-74-52(84)28-73-51(83)27-72-50(82)15-18-96-21-22-97-19-16-71-67(92)37-13-14-40-41(23-37)78-43-34-103-48-12-7-5-6-11-47(48)102-33-42(43)77-40/h8-10,13-14,23,35-36,44,46-48,57,66,68-69,89,91,93H,5-7,11-12,15-22,24-34H2,1-4H3,(H,71,92)(H,72,82)(H,73,83)(H,74,84)(H,75,85)(H,76,86)/t36-,44-,46-,47?,48?,57-,66+,68+,69-,70-/m0/s1. The highest BCUT2D eigenvalue weighted by atomic mass is 32.2. The second-order valence-corrected chi connectivity index (χ2v) is 29.7. The number of nitrogens with one attached hydrogen (secondary N) is 6. The van der Waals surface area contributed by atoms with Crippen molar-refractivity contribution < 1.29 is 96.4 Å². The van der Waals surface area contributed by atoms with Crippen molar-refractivity contribution in [1.29, 1.82) is 0 Å². The van der Waals surface area contributed by atoms with Crippen LogP contribution in [0, 0.1) is 0 Å². The number of nitrogens with zero attached hydrogens (tertiary/aromatic N) is 5. The Hall–Kier alpha value is -8.00. The van der Waals surface area contributed by atoms with Gasteiger partial charge in [0.1, 0.15) is 34.0 Å². The lowest BCUT2D eigenvalue weighted by molar-refractivity contribution is -0.256. The second-order valence-electron chi connectivity index (χ2n) is 26.3. The van der Waals surface area contributed by atoms with Crippen LogP contribution in [0.1, 0.15) is 140 Å². The summed E-state index contributed by atoms with van der Waals surface area (Å²) >= 11 is 5.10. The highest BCUT2D eigenvalue weighted by Crippen LogP contribution is 2.55. The first kappa shape index (κ1) is 75.7. The first-order chi connectivity index (χ1) is 50.2. The van der Waals surface area contributed by atoms with E-state index in [1.165, 1.54) is 76.5 Å². The Morgan fingerprint density at radius 2 is 1.39 bits per heavy atom. The van der Waals surface area contributed by atoms with Gasteiger partial charge in [0.2, 0.25) is 41.2 Å². The van der Waals surface area contributed by atoms with Gasteiger partial charge in [-0.3, -0.25) is 48.1 Å². The quantitative estimate of drug-likeness (QED) is 0.0264. The van der Waals surface area contributed by atoms with Gasteiger partial charge in [0.25, 0.3) is 5.91 Å². The van der Waals surface area contributed by atoms with Crippen molar-refractivity contribution in [2.75, 3.05) is 100 Å². The fourth-order valence-electron chi connectivity index (χ4n) is 14.1. The predicted molar refractivity (Wildman–Crippen MR) is 376 cm³/mol. The number of aromatic nitrogens is 3. The number of benzene rings is 3. The largest absolute Gasteiger partial charge is 0.507 e. The van der Waals surface area contributed by atoms with Crippen LogP contribution < -0.4 is 36.6 Å². The molecule has 34 heteroatoms. The molecule has 12 rings (SSSR count). The van der Waals surface area contributed by atoms with E-state index in [2.05, 4.69) is 36.8 Å². The molecule has 558 valence electrons. The summed E-state index contributed by atoms with van der Waals surface area (Å²) in [6, 6.07) is 9.59. The summed E-state index contributed by atoms with van der Waals surface area (Å²) in [4.78, 5) is 135. The number of ketones is 2. The zero-order chi connectivity index (χ0) is 73.3. The molecular weight excluding hydrogens is 1410 g/mol. The average Bonchev–Trinajstić information content (AvgIpc) is 0.752. The van der Waals surface area contributed by atoms with Crippen LogP contribution >= 0.6 is 34.9 Å². The Bertz CT molecular complexity index is 4090. The normalized spacial score (nSPS) is 24.1. The first-order valence-corrected chi connectivity index (χ1v) is 37.6. The van der Waals surface area contributed by atoms with Gasteiger partial charge in [0.15, 0.2) is 24.6 Å². The van der Waals surface area contributed by atoms with Gasteiger partial charge in [-0.25, -0.2) is 15.0 Å². The SMILES string of the molecule is COc1cccc2c1C(=O)c1c(O)c3c(c(O)c1C2=O)C[C@@](O)(c1csc(CN(C)C(=O)CNC(=O)CNC(=O)CNC(=O)CNC(=O)CNC(=O)CCOCCOCCNC(=O)c2ccc4nc5c(nc4c2)CSC2CCCCCC2SC5)n1)C[C@@H]3O[C@H]1C[C@H]2[C@H](O[C@@H]3[C@@H](OC)OCCN32)[C@H](C)O1. The molecular formula is C70H85N11O20S3. The van der Waals surface area contributed by atoms with Crippen molar-refractivity contribution in [1.82, 2.24) is 56.7 Å². The third kappa shape index (κ3) is 17.3. The lowest BCUT2D eigenvalue weighted by Gasteiger charge is -2.43. The number of methoxy groups -OCH3 is 2. The van der Waals surface area contributed by atoms with Crippen molar-refractivity contribution in [2.45, 2.75) is 142 Å². The lowest BCUT2D eigenvalue weighted by atomic mass is 9.72. The summed E-state index contributed by atoms with van der Waals surface area (Å²) in [7, 11) is 4.33. The van der Waals surface area contributed by atoms with Crippen LogP contribution in [0.4, 0.5) is 0 Å². The number of carbonyl (C=O) groups is 9. The van der Waals surface area contributed by atoms with Crippen LogP contribution in [-0.4, -0.2) is 241 Å². The molecule has 5 aromatic rings. The van der Waals surface area contributed by atoms with E-state index in [0.717, 1.165) is 39.7 Å². The van der Waals surface area contributed by atoms with Crippen LogP contribution in [0.15, 0.2) is 41.8 Å². The Morgan fingerprint density at radius 1 is 0.740 bits per heavy atom. The highest BCUT2D eigenvalue weighted by Gasteiger charge is 2.55. The Morgan fingerprint density at radius 3 is 2.08 bits per heavy atom. The molecule has 3 saturated heterocycles. The van der Waals surface area contributed by atoms with Crippen LogP contribution in [-0.2, 0) is 92.0 Å². The fraction of sp³-hybridized carbons (Fsp3) is 0.543. The maximum atomic E-state index is 14.4. The van der Waals surface area contributed by atoms with Crippen LogP contribution in [0.25, 0.3) is 11.0 Å². The molecule has 7 amide bonds. The number of aliphatic hydroxyl groups is 1. The number of morpholine rings is 1. The van der Waals surface area contributed by atoms with Gasteiger partial charge in [-0.1, -0.05) is 31.4 Å². The summed E-state index contributed by atoms with van der Waals surface area (Å²) in [6.45, 7) is 1.07. The molecule has 7 aliphatic rings. The summed E-state index contributed by atoms with van der Waals surface area (Å²) < 4.78 is 47.4. The lowest BCUT2D eigenvalue weighted by Crippen LogP contribution is -2.55. The molecule has 3 aliphatic carbocycles. The zero-order valence-electron chi connectivity index (χ0n) is 58.0. The molecule has 6 heterocycles. The number of rotatable bonds is 27. The fourth-order valence-corrected chi connectivity index (χ4v) is 18.1. The predicted octanol–water partition coefficient (Wildman–Crippen LogP) is 2.28. The van der Waals surface area contributed by atoms with Gasteiger partial charge in [-0.2, -0.15) is 23.5 Å². The molecule has 0 spiro atoms. The van der Waals surface area contributed by atoms with Gasteiger partial charge >= 0.3 is 0 Å². The first-order valence-electron chi connectivity index (χ1n) is 34.6. The molecule has 10 atom stereocenters. The van der Waals surface area contributed by atoms with Crippen molar-refractivity contribution in [3.8, 4) is 17.2 Å². The molecule has 0 radical (unpaired) electrons. The summed E-state index contributed by atoms with van der Waals surface area (Å²) in [5.74, 6) is -5.18. The zero-order valence-corrected chi connectivity index (χ0v) is 60.4. The Kier molecular flexibility index (Phi) is 24.8. The van der Waals surface area contributed by atoms with Crippen LogP contribution in [0.5, 0.6) is 17.2 Å². The van der Waals surface area contributed by atoms with Crippen molar-refractivity contribution in [3.05, 3.63) is 103 Å². The maximum Gasteiger partial charge on any atom is 0.251 e. The van der Waals surface area contributed by atoms with Crippen LogP contribution in [0.2, 0.25) is 0 Å². The molecule has 2 aromatic heterocycles. The maximum absolute atomic E-state index is 14.4. The van der Waals surface area contributed by atoms with Gasteiger partial charge in [-0.15, -0.1) is 11.3 Å². The van der Waals surface area contributed by atoms with E-state index in [4.69, 9.17) is 52.8 Å². The van der Waals surface area contributed by atoms with Gasteiger partial charge in [0, 0.05) is 109 Å². The molecule has 0 bridgehead atoms. The van der Waals surface area contributed by atoms with E-state index >= 15 is 0 Å². The molecule has 104 heavy (non-hydrogen) atoms. The van der Waals surface area contributed by atoms with E-state index in [0.29, 0.717) is 39.7 Å². The van der Waals surface area contributed by atoms with Crippen molar-refractivity contribution in [3.63, 3.8) is 0 Å². The highest BCUT2D eigenvalue weighted by molar-refractivity contribution is 8.03. The number of fused-ring (bicyclic) bond motifs is 9. The number of hydrogen-bond acceptors (Lipinski definition) is 27. The van der Waals surface area contributed by atoms with E-state index in [1.54, 1.807) is 17.5 Å². The van der Waals surface area contributed by atoms with Crippen molar-refractivity contribution in [2.24, 2.45) is 0 Å². The number of hydrogen-bond donors (Lipinski definition) is 9. The molecule has 3 aromatic carbocycles. The number of phenolic OH excluding ortho intramolecular Hbond substituents is 2. The summed E-state index contributed by atoms with van der Waals surface area (Å²) in [5.41, 5.74) is 1.01. The number of phenols is 2. The Balaban J connectivity index is 0.532. The number of thiazole rings is 1. The number of carbonyl (C=O) groups excluding carboxylic acids is 9. The van der Waals surface area contributed by atoms with Gasteiger partial charge in [-0.05, 0) is 44.0 Å². The van der Waals surface area contributed by atoms with Gasteiger partial charge < -0.3 is 90.0 Å². The molecule has 4 aliphatic heterocycles. The van der Waals surface area contributed by atoms with Crippen LogP contribution in [0.3, 0.4) is 0 Å². The van der Waals surface area contributed by atoms with E-state index in [9.17, 15) is 58.5 Å². The number of thioether (sulfide) groups is 2. The number of amides is 7. The van der Waals surface area contributed by atoms with E-state index < -0.39 is 152 Å². The minimum Gasteiger partial charge on any atom is -0.507 e. The monoisotopic (exact) mass is 1500 g/mol.